The molecule has 1 N–H and O–H groups in total. The van der Waals surface area contributed by atoms with E-state index in [0.29, 0.717) is 11.8 Å². The smallest absolute Gasteiger partial charge is 0.230 e. The number of phenolic OH excluding ortho intramolecular Hbond substituents is 1. The molecule has 2 saturated carbocycles. The Bertz CT molecular complexity index is 530. The number of amides is 1. The number of hydrogen-bond donors (Lipinski definition) is 1. The minimum absolute atomic E-state index is 0.249. The van der Waals surface area contributed by atoms with Gasteiger partial charge in [-0.2, -0.15) is 0 Å². The van der Waals surface area contributed by atoms with Gasteiger partial charge in [0.2, 0.25) is 5.91 Å². The van der Waals surface area contributed by atoms with Gasteiger partial charge in [-0.1, -0.05) is 18.6 Å². The molecule has 1 amide bonds. The standard InChI is InChI=1S/C16H19NO2/c18-13-8-1-4-10-5-3-9-17(15(10)13)16(19)14-11-6-2-7-12(11)14/h1,4,8,11-12,14,18H,2-3,5-7,9H2. The van der Waals surface area contributed by atoms with Crippen LogP contribution in [-0.2, 0) is 11.2 Å². The number of hydrogen-bond acceptors (Lipinski definition) is 2. The molecule has 0 bridgehead atoms. The molecule has 100 valence electrons. The van der Waals surface area contributed by atoms with E-state index in [1.165, 1.54) is 19.3 Å². The van der Waals surface area contributed by atoms with Crippen molar-refractivity contribution in [3.8, 4) is 5.75 Å². The first-order chi connectivity index (χ1) is 9.27. The van der Waals surface area contributed by atoms with Crippen LogP contribution in [0.2, 0.25) is 0 Å². The average molecular weight is 257 g/mol. The van der Waals surface area contributed by atoms with Crippen molar-refractivity contribution in [1.82, 2.24) is 0 Å². The summed E-state index contributed by atoms with van der Waals surface area (Å²) in [4.78, 5) is 14.6. The molecule has 2 atom stereocenters. The van der Waals surface area contributed by atoms with Crippen LogP contribution in [0.5, 0.6) is 5.75 Å². The summed E-state index contributed by atoms with van der Waals surface area (Å²) in [6.07, 6.45) is 5.71. The first-order valence-electron chi connectivity index (χ1n) is 7.39. The van der Waals surface area contributed by atoms with E-state index in [-0.39, 0.29) is 17.6 Å². The Kier molecular flexibility index (Phi) is 2.38. The van der Waals surface area contributed by atoms with Crippen molar-refractivity contribution in [2.24, 2.45) is 17.8 Å². The fourth-order valence-electron chi connectivity index (χ4n) is 4.22. The Morgan fingerprint density at radius 3 is 2.79 bits per heavy atom. The fraction of sp³-hybridized carbons (Fsp3) is 0.562. The van der Waals surface area contributed by atoms with Crippen LogP contribution in [0.4, 0.5) is 5.69 Å². The number of phenols is 1. The summed E-state index contributed by atoms with van der Waals surface area (Å²) in [7, 11) is 0. The van der Waals surface area contributed by atoms with Gasteiger partial charge in [-0.25, -0.2) is 0 Å². The molecule has 0 aromatic heterocycles. The molecule has 0 spiro atoms. The summed E-state index contributed by atoms with van der Waals surface area (Å²) in [5.74, 6) is 2.06. The molecule has 1 aromatic carbocycles. The molecular formula is C16H19NO2. The maximum absolute atomic E-state index is 12.7. The van der Waals surface area contributed by atoms with Gasteiger partial charge in [0.05, 0.1) is 5.69 Å². The molecule has 1 aromatic rings. The summed E-state index contributed by atoms with van der Waals surface area (Å²) in [5.41, 5.74) is 1.90. The Balaban J connectivity index is 1.65. The number of carbonyl (C=O) groups excluding carboxylic acids is 1. The zero-order valence-electron chi connectivity index (χ0n) is 11.0. The number of aryl methyl sites for hydroxylation is 1. The van der Waals surface area contributed by atoms with Crippen molar-refractivity contribution in [2.75, 3.05) is 11.4 Å². The zero-order chi connectivity index (χ0) is 13.0. The number of aromatic hydroxyl groups is 1. The molecule has 2 aliphatic carbocycles. The highest BCUT2D eigenvalue weighted by molar-refractivity contribution is 5.99. The number of anilines is 1. The molecule has 2 fully saturated rings. The van der Waals surface area contributed by atoms with Crippen LogP contribution in [0.25, 0.3) is 0 Å². The lowest BCUT2D eigenvalue weighted by molar-refractivity contribution is -0.120. The Labute approximate surface area is 113 Å². The second-order valence-electron chi connectivity index (χ2n) is 6.16. The Morgan fingerprint density at radius 1 is 1.21 bits per heavy atom. The van der Waals surface area contributed by atoms with Crippen molar-refractivity contribution in [3.63, 3.8) is 0 Å². The predicted octanol–water partition coefficient (Wildman–Crippen LogP) is 2.72. The molecular weight excluding hydrogens is 238 g/mol. The highest BCUT2D eigenvalue weighted by Crippen LogP contribution is 2.58. The normalized spacial score (nSPS) is 31.8. The molecule has 1 heterocycles. The van der Waals surface area contributed by atoms with Gasteiger partial charge < -0.3 is 10.0 Å². The summed E-state index contributed by atoms with van der Waals surface area (Å²) in [5, 5.41) is 10.1. The summed E-state index contributed by atoms with van der Waals surface area (Å²) in [6, 6.07) is 5.59. The summed E-state index contributed by atoms with van der Waals surface area (Å²) >= 11 is 0. The largest absolute Gasteiger partial charge is 0.506 e. The van der Waals surface area contributed by atoms with Gasteiger partial charge in [-0.15, -0.1) is 0 Å². The lowest BCUT2D eigenvalue weighted by atomic mass is 9.99. The van der Waals surface area contributed by atoms with Gasteiger partial charge in [-0.05, 0) is 49.1 Å². The number of nitrogens with zero attached hydrogens (tertiary/aromatic N) is 1. The maximum atomic E-state index is 12.7. The third-order valence-corrected chi connectivity index (χ3v) is 5.15. The van der Waals surface area contributed by atoms with Crippen molar-refractivity contribution in [3.05, 3.63) is 23.8 Å². The van der Waals surface area contributed by atoms with E-state index in [1.807, 2.05) is 17.0 Å². The molecule has 0 radical (unpaired) electrons. The van der Waals surface area contributed by atoms with Gasteiger partial charge in [-0.3, -0.25) is 4.79 Å². The average Bonchev–Trinajstić information content (AvgIpc) is 2.90. The molecule has 3 aliphatic rings. The summed E-state index contributed by atoms with van der Waals surface area (Å²) in [6.45, 7) is 0.763. The van der Waals surface area contributed by atoms with Crippen LogP contribution in [0.1, 0.15) is 31.2 Å². The number of benzene rings is 1. The first-order valence-corrected chi connectivity index (χ1v) is 7.39. The minimum Gasteiger partial charge on any atom is -0.506 e. The van der Waals surface area contributed by atoms with Crippen LogP contribution in [0.3, 0.4) is 0 Å². The minimum atomic E-state index is 0.249. The topological polar surface area (TPSA) is 40.5 Å². The van der Waals surface area contributed by atoms with Crippen molar-refractivity contribution >= 4 is 11.6 Å². The lowest BCUT2D eigenvalue weighted by Crippen LogP contribution is -2.37. The van der Waals surface area contributed by atoms with Gasteiger partial charge in [0.25, 0.3) is 0 Å². The maximum Gasteiger partial charge on any atom is 0.230 e. The van der Waals surface area contributed by atoms with E-state index in [4.69, 9.17) is 0 Å². The third kappa shape index (κ3) is 1.60. The number of para-hydroxylation sites is 1. The fourth-order valence-corrected chi connectivity index (χ4v) is 4.22. The predicted molar refractivity (Wildman–Crippen MR) is 73.1 cm³/mol. The quantitative estimate of drug-likeness (QED) is 0.840. The second-order valence-corrected chi connectivity index (χ2v) is 6.16. The number of rotatable bonds is 1. The van der Waals surface area contributed by atoms with Crippen molar-refractivity contribution in [1.29, 1.82) is 0 Å². The first kappa shape index (κ1) is 11.3. The molecule has 3 heteroatoms. The highest BCUT2D eigenvalue weighted by Gasteiger charge is 2.57. The Morgan fingerprint density at radius 2 is 2.00 bits per heavy atom. The van der Waals surface area contributed by atoms with E-state index in [0.717, 1.165) is 30.6 Å². The number of carbonyl (C=O) groups is 1. The van der Waals surface area contributed by atoms with Crippen LogP contribution in [-0.4, -0.2) is 17.6 Å². The van der Waals surface area contributed by atoms with Crippen LogP contribution < -0.4 is 4.90 Å². The molecule has 2 unspecified atom stereocenters. The van der Waals surface area contributed by atoms with E-state index in [1.54, 1.807) is 6.07 Å². The van der Waals surface area contributed by atoms with Gasteiger partial charge in [0.15, 0.2) is 0 Å². The third-order valence-electron chi connectivity index (χ3n) is 5.15. The van der Waals surface area contributed by atoms with E-state index >= 15 is 0 Å². The van der Waals surface area contributed by atoms with Gasteiger partial charge in [0.1, 0.15) is 5.75 Å². The summed E-state index contributed by atoms with van der Waals surface area (Å²) < 4.78 is 0. The molecule has 4 rings (SSSR count). The SMILES string of the molecule is O=C(C1C2CCCC21)N1CCCc2cccc(O)c21. The van der Waals surface area contributed by atoms with Gasteiger partial charge >= 0.3 is 0 Å². The van der Waals surface area contributed by atoms with Crippen LogP contribution in [0, 0.1) is 17.8 Å². The van der Waals surface area contributed by atoms with Crippen LogP contribution in [0.15, 0.2) is 18.2 Å². The zero-order valence-corrected chi connectivity index (χ0v) is 11.0. The molecule has 3 nitrogen and oxygen atoms in total. The lowest BCUT2D eigenvalue weighted by Gasteiger charge is -2.30. The van der Waals surface area contributed by atoms with Crippen molar-refractivity contribution < 1.29 is 9.90 Å². The van der Waals surface area contributed by atoms with E-state index in [9.17, 15) is 9.90 Å². The van der Waals surface area contributed by atoms with E-state index in [2.05, 4.69) is 0 Å². The monoisotopic (exact) mass is 257 g/mol. The van der Waals surface area contributed by atoms with Gasteiger partial charge in [0, 0.05) is 12.5 Å². The van der Waals surface area contributed by atoms with Crippen molar-refractivity contribution in [2.45, 2.75) is 32.1 Å². The Hall–Kier alpha value is -1.51. The highest BCUT2D eigenvalue weighted by atomic mass is 16.3. The van der Waals surface area contributed by atoms with Crippen LogP contribution >= 0.6 is 0 Å². The second kappa shape index (κ2) is 3.99. The van der Waals surface area contributed by atoms with E-state index < -0.39 is 0 Å². The molecule has 19 heavy (non-hydrogen) atoms. The number of fused-ring (bicyclic) bond motifs is 2. The molecule has 1 aliphatic heterocycles. The molecule has 0 saturated heterocycles.